The molecule has 5 atom stereocenters. The van der Waals surface area contributed by atoms with E-state index in [9.17, 15) is 24.9 Å². The molecule has 2 aromatic carbocycles. The van der Waals surface area contributed by atoms with Gasteiger partial charge >= 0.3 is 11.9 Å². The third-order valence-corrected chi connectivity index (χ3v) is 5.52. The Balaban J connectivity index is 1.74. The highest BCUT2D eigenvalue weighted by Gasteiger charge is 2.45. The Hall–Kier alpha value is -3.84. The van der Waals surface area contributed by atoms with Crippen LogP contribution >= 0.6 is 0 Å². The number of rotatable bonds is 10. The number of carboxylic acids is 1. The summed E-state index contributed by atoms with van der Waals surface area (Å²) in [6, 6.07) is 9.11. The van der Waals surface area contributed by atoms with Gasteiger partial charge in [-0.1, -0.05) is 18.2 Å². The van der Waals surface area contributed by atoms with Crippen molar-refractivity contribution in [2.75, 3.05) is 27.9 Å². The summed E-state index contributed by atoms with van der Waals surface area (Å²) in [6.45, 7) is -0.499. The number of benzene rings is 2. The van der Waals surface area contributed by atoms with Gasteiger partial charge in [-0.15, -0.1) is 0 Å². The van der Waals surface area contributed by atoms with E-state index in [0.29, 0.717) is 5.56 Å². The molecule has 0 radical (unpaired) electrons. The van der Waals surface area contributed by atoms with E-state index >= 15 is 0 Å². The third kappa shape index (κ3) is 6.49. The van der Waals surface area contributed by atoms with E-state index in [-0.39, 0.29) is 28.6 Å². The summed E-state index contributed by atoms with van der Waals surface area (Å²) >= 11 is 0. The smallest absolute Gasteiger partial charge is 0.338 e. The average Bonchev–Trinajstić information content (AvgIpc) is 2.90. The van der Waals surface area contributed by atoms with Gasteiger partial charge in [-0.25, -0.2) is 9.59 Å². The third-order valence-electron chi connectivity index (χ3n) is 5.52. The minimum absolute atomic E-state index is 0.0623. The summed E-state index contributed by atoms with van der Waals surface area (Å²) in [5.74, 6) is -1.09. The minimum atomic E-state index is -1.69. The lowest BCUT2D eigenvalue weighted by Crippen LogP contribution is -2.60. The Bertz CT molecular complexity index is 1110. The van der Waals surface area contributed by atoms with Crippen molar-refractivity contribution in [1.29, 1.82) is 0 Å². The minimum Gasteiger partial charge on any atom is -0.493 e. The van der Waals surface area contributed by atoms with Gasteiger partial charge in [0.1, 0.15) is 36.8 Å². The van der Waals surface area contributed by atoms with Crippen LogP contribution in [0, 0.1) is 0 Å². The number of methoxy groups -OCH3 is 3. The number of aliphatic carboxylic acids is 1. The van der Waals surface area contributed by atoms with Crippen molar-refractivity contribution in [3.8, 4) is 23.0 Å². The molecule has 1 fully saturated rings. The van der Waals surface area contributed by atoms with E-state index in [1.807, 2.05) is 0 Å². The van der Waals surface area contributed by atoms with Gasteiger partial charge in [0.15, 0.2) is 11.5 Å². The molecule has 1 aliphatic rings. The Labute approximate surface area is 212 Å². The molecule has 1 heterocycles. The Kier molecular flexibility index (Phi) is 9.31. The average molecular weight is 520 g/mol. The largest absolute Gasteiger partial charge is 0.493 e. The van der Waals surface area contributed by atoms with Crippen molar-refractivity contribution in [3.63, 3.8) is 0 Å². The van der Waals surface area contributed by atoms with Gasteiger partial charge in [0.25, 0.3) is 0 Å². The molecule has 0 unspecified atom stereocenters. The number of para-hydroxylation sites is 1. The van der Waals surface area contributed by atoms with Crippen LogP contribution in [0.3, 0.4) is 0 Å². The summed E-state index contributed by atoms with van der Waals surface area (Å²) in [4.78, 5) is 23.6. The van der Waals surface area contributed by atoms with Crippen molar-refractivity contribution in [3.05, 3.63) is 53.6 Å². The van der Waals surface area contributed by atoms with Crippen molar-refractivity contribution >= 4 is 18.0 Å². The maximum atomic E-state index is 12.7. The monoisotopic (exact) mass is 520 g/mol. The first-order valence-corrected chi connectivity index (χ1v) is 11.0. The van der Waals surface area contributed by atoms with Crippen LogP contribution < -0.4 is 18.9 Å². The van der Waals surface area contributed by atoms with Crippen molar-refractivity contribution < 1.29 is 58.4 Å². The number of ether oxygens (including phenoxy) is 6. The molecule has 37 heavy (non-hydrogen) atoms. The molecule has 4 N–H and O–H groups in total. The zero-order chi connectivity index (χ0) is 27.1. The van der Waals surface area contributed by atoms with Gasteiger partial charge in [-0.05, 0) is 24.3 Å². The predicted octanol–water partition coefficient (Wildman–Crippen LogP) is 0.854. The van der Waals surface area contributed by atoms with Gasteiger partial charge < -0.3 is 48.8 Å². The number of aliphatic hydroxyl groups excluding tert-OH is 3. The molecule has 0 aliphatic carbocycles. The number of hydrogen-bond donors (Lipinski definition) is 4. The number of carbonyl (C=O) groups excluding carboxylic acids is 1. The second kappa shape index (κ2) is 12.4. The lowest BCUT2D eigenvalue weighted by atomic mass is 9.99. The molecule has 0 bridgehead atoms. The first kappa shape index (κ1) is 27.7. The molecule has 1 saturated heterocycles. The topological polar surface area (TPSA) is 170 Å². The van der Waals surface area contributed by atoms with E-state index in [1.54, 1.807) is 18.2 Å². The van der Waals surface area contributed by atoms with Crippen molar-refractivity contribution in [1.82, 2.24) is 0 Å². The molecule has 0 saturated carbocycles. The lowest BCUT2D eigenvalue weighted by molar-refractivity contribution is -0.277. The van der Waals surface area contributed by atoms with Crippen LogP contribution in [-0.4, -0.2) is 91.0 Å². The standard InChI is InChI=1S/C25H28O12/c1-32-16-10-14(11-17(33-2)23(16)34-3)24(31)35-12-18-20(28)21(29)22(30)25(37-18)36-15-7-5-4-6-13(15)8-9-19(26)27/h4-11,18,20-22,25,28-30H,12H2,1-3H3,(H,26,27)/b9-8+/t18-,20-,21+,22-,25-/m0/s1. The maximum absolute atomic E-state index is 12.7. The van der Waals surface area contributed by atoms with Crippen LogP contribution in [0.4, 0.5) is 0 Å². The number of carboxylic acid groups (broad SMARTS) is 1. The van der Waals surface area contributed by atoms with E-state index < -0.39 is 49.3 Å². The highest BCUT2D eigenvalue weighted by molar-refractivity contribution is 5.91. The summed E-state index contributed by atoms with van der Waals surface area (Å²) in [7, 11) is 4.20. The molecule has 3 rings (SSSR count). The van der Waals surface area contributed by atoms with Crippen LogP contribution in [0.15, 0.2) is 42.5 Å². The molecular weight excluding hydrogens is 492 g/mol. The molecule has 12 heteroatoms. The molecule has 0 aromatic heterocycles. The van der Waals surface area contributed by atoms with Gasteiger partial charge in [0.05, 0.1) is 26.9 Å². The summed E-state index contributed by atoms with van der Waals surface area (Å²) < 4.78 is 32.2. The van der Waals surface area contributed by atoms with Crippen LogP contribution in [0.25, 0.3) is 6.08 Å². The van der Waals surface area contributed by atoms with Crippen molar-refractivity contribution in [2.45, 2.75) is 30.7 Å². The predicted molar refractivity (Wildman–Crippen MR) is 127 cm³/mol. The van der Waals surface area contributed by atoms with Crippen LogP contribution in [0.2, 0.25) is 0 Å². The van der Waals surface area contributed by atoms with Crippen LogP contribution in [0.1, 0.15) is 15.9 Å². The fourth-order valence-electron chi connectivity index (χ4n) is 3.60. The van der Waals surface area contributed by atoms with E-state index in [4.69, 9.17) is 33.5 Å². The number of carbonyl (C=O) groups is 2. The van der Waals surface area contributed by atoms with Gasteiger partial charge in [0.2, 0.25) is 12.0 Å². The van der Waals surface area contributed by atoms with E-state index in [2.05, 4.69) is 0 Å². The highest BCUT2D eigenvalue weighted by Crippen LogP contribution is 2.38. The normalized spacial score (nSPS) is 23.4. The van der Waals surface area contributed by atoms with E-state index in [1.165, 1.54) is 45.6 Å². The van der Waals surface area contributed by atoms with Crippen LogP contribution in [-0.2, 0) is 14.3 Å². The molecule has 2 aromatic rings. The fourth-order valence-corrected chi connectivity index (χ4v) is 3.60. The molecule has 0 spiro atoms. The molecule has 200 valence electrons. The molecule has 0 amide bonds. The van der Waals surface area contributed by atoms with Gasteiger partial charge in [-0.2, -0.15) is 0 Å². The first-order chi connectivity index (χ1) is 17.7. The second-order valence-corrected chi connectivity index (χ2v) is 7.85. The summed E-state index contributed by atoms with van der Waals surface area (Å²) in [6.07, 6.45) is -5.50. The zero-order valence-electron chi connectivity index (χ0n) is 20.3. The van der Waals surface area contributed by atoms with Gasteiger partial charge in [0, 0.05) is 11.6 Å². The number of aliphatic hydroxyl groups is 3. The molecular formula is C25H28O12. The SMILES string of the molecule is COc1cc(C(=O)OC[C@@H]2O[C@H](Oc3ccccc3/C=C/C(=O)O)[C@@H](O)[C@H](O)[C@H]2O)cc(OC)c1OC. The quantitative estimate of drug-likeness (QED) is 0.258. The fraction of sp³-hybridized carbons (Fsp3) is 0.360. The second-order valence-electron chi connectivity index (χ2n) is 7.85. The Morgan fingerprint density at radius 2 is 1.57 bits per heavy atom. The zero-order valence-corrected chi connectivity index (χ0v) is 20.3. The highest BCUT2D eigenvalue weighted by atomic mass is 16.7. The van der Waals surface area contributed by atoms with Crippen molar-refractivity contribution in [2.24, 2.45) is 0 Å². The summed E-state index contributed by atoms with van der Waals surface area (Å²) in [5, 5.41) is 40.0. The summed E-state index contributed by atoms with van der Waals surface area (Å²) in [5.41, 5.74) is 0.430. The molecule has 1 aliphatic heterocycles. The first-order valence-electron chi connectivity index (χ1n) is 11.0. The maximum Gasteiger partial charge on any atom is 0.338 e. The lowest BCUT2D eigenvalue weighted by Gasteiger charge is -2.40. The number of esters is 1. The van der Waals surface area contributed by atoms with E-state index in [0.717, 1.165) is 6.08 Å². The number of hydrogen-bond acceptors (Lipinski definition) is 11. The Morgan fingerprint density at radius 3 is 2.16 bits per heavy atom. The van der Waals surface area contributed by atoms with Crippen LogP contribution in [0.5, 0.6) is 23.0 Å². The molecule has 12 nitrogen and oxygen atoms in total. The Morgan fingerprint density at radius 1 is 0.919 bits per heavy atom. The van der Waals surface area contributed by atoms with Gasteiger partial charge in [-0.3, -0.25) is 0 Å².